The van der Waals surface area contributed by atoms with Crippen LogP contribution in [0.15, 0.2) is 30.3 Å². The van der Waals surface area contributed by atoms with Crippen LogP contribution >= 0.6 is 0 Å². The number of alkyl halides is 3. The van der Waals surface area contributed by atoms with E-state index in [9.17, 15) is 36.3 Å². The van der Waals surface area contributed by atoms with Gasteiger partial charge in [-0.2, -0.15) is 13.2 Å². The second-order valence-corrected chi connectivity index (χ2v) is 10.3. The van der Waals surface area contributed by atoms with Gasteiger partial charge in [-0.1, -0.05) is 6.07 Å². The van der Waals surface area contributed by atoms with Crippen LogP contribution in [0.4, 0.5) is 26.3 Å². The summed E-state index contributed by atoms with van der Waals surface area (Å²) >= 11 is 0. The maximum absolute atomic E-state index is 15.0. The summed E-state index contributed by atoms with van der Waals surface area (Å²) in [7, 11) is 0. The average molecular weight is 556 g/mol. The Morgan fingerprint density at radius 2 is 1.59 bits per heavy atom. The zero-order chi connectivity index (χ0) is 28.9. The number of nitrogens with zero attached hydrogens (tertiary/aromatic N) is 1. The van der Waals surface area contributed by atoms with Gasteiger partial charge in [-0.05, 0) is 70.7 Å². The second-order valence-electron chi connectivity index (χ2n) is 10.3. The van der Waals surface area contributed by atoms with Gasteiger partial charge in [0.15, 0.2) is 11.6 Å². The van der Waals surface area contributed by atoms with Crippen molar-refractivity contribution in [2.24, 2.45) is 0 Å². The maximum Gasteiger partial charge on any atom is 0.416 e. The molecule has 1 saturated carbocycles. The van der Waals surface area contributed by atoms with Crippen molar-refractivity contribution in [1.29, 1.82) is 0 Å². The Morgan fingerprint density at radius 1 is 0.974 bits per heavy atom. The fourth-order valence-corrected chi connectivity index (χ4v) is 4.92. The van der Waals surface area contributed by atoms with Crippen molar-refractivity contribution in [1.82, 2.24) is 15.5 Å². The number of likely N-dealkylation sites (tertiary alicyclic amines) is 1. The van der Waals surface area contributed by atoms with E-state index in [1.165, 1.54) is 17.9 Å². The van der Waals surface area contributed by atoms with Gasteiger partial charge < -0.3 is 15.5 Å². The SMILES string of the molecule is CC1CCC(C)N1C(=O)c1ccc([C@@H](C)NC(=O)C2(NC(=O)c3cc(F)cc(C(F)(F)F)c3)CC2)c(F)c1F. The van der Waals surface area contributed by atoms with E-state index in [4.69, 9.17) is 0 Å². The first-order valence-corrected chi connectivity index (χ1v) is 12.5. The number of rotatable bonds is 6. The quantitative estimate of drug-likeness (QED) is 0.477. The Labute approximate surface area is 220 Å². The Kier molecular flexibility index (Phi) is 7.44. The molecular weight excluding hydrogens is 528 g/mol. The van der Waals surface area contributed by atoms with Gasteiger partial charge >= 0.3 is 6.18 Å². The maximum atomic E-state index is 15.0. The molecule has 3 amide bonds. The molecule has 6 nitrogen and oxygen atoms in total. The molecule has 2 aliphatic rings. The number of nitrogens with one attached hydrogen (secondary N) is 2. The molecule has 1 aliphatic heterocycles. The fourth-order valence-electron chi connectivity index (χ4n) is 4.92. The number of halogens is 6. The molecule has 12 heteroatoms. The van der Waals surface area contributed by atoms with Crippen LogP contribution in [0.25, 0.3) is 0 Å². The average Bonchev–Trinajstić information content (AvgIpc) is 3.56. The van der Waals surface area contributed by atoms with Gasteiger partial charge in [0, 0.05) is 23.2 Å². The van der Waals surface area contributed by atoms with Crippen LogP contribution in [-0.4, -0.2) is 40.2 Å². The molecule has 0 aromatic heterocycles. The van der Waals surface area contributed by atoms with E-state index in [0.717, 1.165) is 18.9 Å². The molecule has 2 fully saturated rings. The topological polar surface area (TPSA) is 78.5 Å². The predicted octanol–water partition coefficient (Wildman–Crippen LogP) is 5.28. The van der Waals surface area contributed by atoms with Gasteiger partial charge in [0.1, 0.15) is 11.4 Å². The summed E-state index contributed by atoms with van der Waals surface area (Å²) in [5.74, 6) is -6.41. The lowest BCUT2D eigenvalue weighted by atomic mass is 10.0. The summed E-state index contributed by atoms with van der Waals surface area (Å²) in [6.07, 6.45) is -3.12. The highest BCUT2D eigenvalue weighted by molar-refractivity contribution is 6.01. The third kappa shape index (κ3) is 5.60. The molecule has 1 saturated heterocycles. The third-order valence-electron chi connectivity index (χ3n) is 7.37. The van der Waals surface area contributed by atoms with Gasteiger partial charge in [0.2, 0.25) is 5.91 Å². The van der Waals surface area contributed by atoms with Crippen LogP contribution in [-0.2, 0) is 11.0 Å². The first kappa shape index (κ1) is 28.4. The smallest absolute Gasteiger partial charge is 0.347 e. The molecule has 4 rings (SSSR count). The lowest BCUT2D eigenvalue weighted by Crippen LogP contribution is -2.49. The highest BCUT2D eigenvalue weighted by Gasteiger charge is 2.51. The summed E-state index contributed by atoms with van der Waals surface area (Å²) in [5.41, 5.74) is -4.13. The van der Waals surface area contributed by atoms with Crippen LogP contribution in [0.5, 0.6) is 0 Å². The number of benzene rings is 2. The van der Waals surface area contributed by atoms with Crippen molar-refractivity contribution >= 4 is 17.7 Å². The van der Waals surface area contributed by atoms with Crippen LogP contribution in [0.3, 0.4) is 0 Å². The highest BCUT2D eigenvalue weighted by Crippen LogP contribution is 2.37. The van der Waals surface area contributed by atoms with Crippen molar-refractivity contribution in [2.75, 3.05) is 0 Å². The van der Waals surface area contributed by atoms with E-state index in [1.807, 2.05) is 13.8 Å². The molecule has 0 radical (unpaired) electrons. The molecule has 2 N–H and O–H groups in total. The summed E-state index contributed by atoms with van der Waals surface area (Å²) in [6.45, 7) is 5.04. The van der Waals surface area contributed by atoms with E-state index in [0.29, 0.717) is 12.1 Å². The minimum atomic E-state index is -4.88. The van der Waals surface area contributed by atoms with Gasteiger partial charge in [-0.25, -0.2) is 13.2 Å². The zero-order valence-corrected chi connectivity index (χ0v) is 21.4. The minimum absolute atomic E-state index is 0.120. The molecule has 0 bridgehead atoms. The molecule has 1 aliphatic carbocycles. The number of carbonyl (C=O) groups excluding carboxylic acids is 3. The molecule has 1 heterocycles. The number of hydrogen-bond acceptors (Lipinski definition) is 3. The molecule has 2 aromatic rings. The second kappa shape index (κ2) is 10.2. The fraction of sp³-hybridized carbons (Fsp3) is 0.444. The van der Waals surface area contributed by atoms with E-state index >= 15 is 4.39 Å². The monoisotopic (exact) mass is 555 g/mol. The van der Waals surface area contributed by atoms with Crippen LogP contribution in [0, 0.1) is 17.5 Å². The number of carbonyl (C=O) groups is 3. The van der Waals surface area contributed by atoms with E-state index in [1.54, 1.807) is 0 Å². The van der Waals surface area contributed by atoms with Crippen molar-refractivity contribution in [3.05, 3.63) is 70.0 Å². The van der Waals surface area contributed by atoms with Crippen molar-refractivity contribution in [3.63, 3.8) is 0 Å². The van der Waals surface area contributed by atoms with E-state index in [-0.39, 0.29) is 36.6 Å². The molecule has 0 spiro atoms. The zero-order valence-electron chi connectivity index (χ0n) is 21.4. The number of amides is 3. The van der Waals surface area contributed by atoms with Crippen molar-refractivity contribution in [3.8, 4) is 0 Å². The van der Waals surface area contributed by atoms with Gasteiger partial charge in [-0.3, -0.25) is 14.4 Å². The standard InChI is InChI=1S/C27H27F6N3O3/c1-13-4-5-14(2)36(13)24(38)20-7-6-19(21(29)22(20)30)15(3)34-25(39)26(8-9-26)35-23(37)16-10-17(27(31,32)33)12-18(28)11-16/h6-7,10-15H,4-5,8-9H2,1-3H3,(H,34,39)(H,35,37)/t13?,14?,15-/m1/s1. The molecule has 210 valence electrons. The lowest BCUT2D eigenvalue weighted by Gasteiger charge is -2.27. The molecule has 39 heavy (non-hydrogen) atoms. The summed E-state index contributed by atoms with van der Waals surface area (Å²) in [4.78, 5) is 39.9. The number of hydrogen-bond donors (Lipinski definition) is 2. The van der Waals surface area contributed by atoms with Crippen LogP contribution < -0.4 is 10.6 Å². The summed E-state index contributed by atoms with van der Waals surface area (Å²) in [6, 6.07) is 2.37. The third-order valence-corrected chi connectivity index (χ3v) is 7.37. The normalized spacial score (nSPS) is 20.9. The first-order valence-electron chi connectivity index (χ1n) is 12.5. The van der Waals surface area contributed by atoms with Gasteiger partial charge in [-0.15, -0.1) is 0 Å². The summed E-state index contributed by atoms with van der Waals surface area (Å²) < 4.78 is 82.7. The van der Waals surface area contributed by atoms with Crippen LogP contribution in [0.2, 0.25) is 0 Å². The lowest BCUT2D eigenvalue weighted by molar-refractivity contribution is -0.137. The van der Waals surface area contributed by atoms with Gasteiger partial charge in [0.05, 0.1) is 17.2 Å². The summed E-state index contributed by atoms with van der Waals surface area (Å²) in [5, 5.41) is 4.81. The molecule has 3 atom stereocenters. The largest absolute Gasteiger partial charge is 0.416 e. The Morgan fingerprint density at radius 3 is 2.15 bits per heavy atom. The van der Waals surface area contributed by atoms with E-state index in [2.05, 4.69) is 10.6 Å². The first-order chi connectivity index (χ1) is 18.1. The molecule has 2 unspecified atom stereocenters. The van der Waals surface area contributed by atoms with E-state index < -0.39 is 69.6 Å². The molecule has 2 aromatic carbocycles. The predicted molar refractivity (Wildman–Crippen MR) is 128 cm³/mol. The Hall–Kier alpha value is -3.57. The van der Waals surface area contributed by atoms with Crippen molar-refractivity contribution < 1.29 is 40.7 Å². The Balaban J connectivity index is 1.47. The molecular formula is C27H27F6N3O3. The highest BCUT2D eigenvalue weighted by atomic mass is 19.4. The minimum Gasteiger partial charge on any atom is -0.347 e. The Bertz CT molecular complexity index is 1310. The van der Waals surface area contributed by atoms with Gasteiger partial charge in [0.25, 0.3) is 11.8 Å². The van der Waals surface area contributed by atoms with Crippen molar-refractivity contribution in [2.45, 2.75) is 76.3 Å². The van der Waals surface area contributed by atoms with Crippen LogP contribution in [0.1, 0.15) is 84.3 Å².